The minimum absolute atomic E-state index is 0.0638. The molecule has 1 aromatic rings. The Morgan fingerprint density at radius 1 is 1.10 bits per heavy atom. The highest BCUT2D eigenvalue weighted by molar-refractivity contribution is 5.45. The second kappa shape index (κ2) is 5.75. The highest BCUT2D eigenvalue weighted by Gasteiger charge is 2.45. The minimum Gasteiger partial charge on any atom is -0.493 e. The standard InChI is InChI=1S/C15H20F3NO2/c1-20-12-4-3-11(9-13(12)21-2)14(19)7-5-10(6-8-14)15(16,17)18/h3-4,9-10H,5-8,19H2,1-2H3. The summed E-state index contributed by atoms with van der Waals surface area (Å²) in [5.41, 5.74) is 6.39. The van der Waals surface area contributed by atoms with Gasteiger partial charge in [-0.15, -0.1) is 0 Å². The van der Waals surface area contributed by atoms with Gasteiger partial charge in [0.25, 0.3) is 0 Å². The summed E-state index contributed by atoms with van der Waals surface area (Å²) in [5.74, 6) is -0.124. The normalized spacial score (nSPS) is 26.5. The molecule has 1 aliphatic carbocycles. The molecule has 0 spiro atoms. The molecule has 1 aliphatic rings. The highest BCUT2D eigenvalue weighted by Crippen LogP contribution is 2.45. The van der Waals surface area contributed by atoms with Gasteiger partial charge in [0.2, 0.25) is 0 Å². The van der Waals surface area contributed by atoms with Crippen LogP contribution in [0.5, 0.6) is 11.5 Å². The summed E-state index contributed by atoms with van der Waals surface area (Å²) in [6.07, 6.45) is -3.37. The summed E-state index contributed by atoms with van der Waals surface area (Å²) < 4.78 is 48.6. The van der Waals surface area contributed by atoms with Crippen LogP contribution in [0.4, 0.5) is 13.2 Å². The number of hydrogen-bond acceptors (Lipinski definition) is 3. The van der Waals surface area contributed by atoms with E-state index in [0.717, 1.165) is 5.56 Å². The molecule has 0 saturated heterocycles. The second-order valence-corrected chi connectivity index (χ2v) is 5.54. The van der Waals surface area contributed by atoms with Crippen molar-refractivity contribution in [3.05, 3.63) is 23.8 Å². The molecule has 118 valence electrons. The lowest BCUT2D eigenvalue weighted by Crippen LogP contribution is -2.43. The van der Waals surface area contributed by atoms with Crippen molar-refractivity contribution in [2.75, 3.05) is 14.2 Å². The third kappa shape index (κ3) is 3.26. The lowest BCUT2D eigenvalue weighted by molar-refractivity contribution is -0.184. The maximum Gasteiger partial charge on any atom is 0.391 e. The van der Waals surface area contributed by atoms with Gasteiger partial charge in [0.05, 0.1) is 20.1 Å². The fraction of sp³-hybridized carbons (Fsp3) is 0.600. The van der Waals surface area contributed by atoms with Gasteiger partial charge < -0.3 is 15.2 Å². The van der Waals surface area contributed by atoms with Crippen LogP contribution in [-0.2, 0) is 5.54 Å². The van der Waals surface area contributed by atoms with Crippen molar-refractivity contribution >= 4 is 0 Å². The third-order valence-electron chi connectivity index (χ3n) is 4.30. The molecule has 1 saturated carbocycles. The van der Waals surface area contributed by atoms with Crippen molar-refractivity contribution in [1.82, 2.24) is 0 Å². The zero-order valence-electron chi connectivity index (χ0n) is 12.2. The van der Waals surface area contributed by atoms with Gasteiger partial charge in [-0.3, -0.25) is 0 Å². The predicted octanol–water partition coefficient (Wildman–Crippen LogP) is 3.61. The molecule has 0 bridgehead atoms. The number of benzene rings is 1. The molecule has 0 amide bonds. The first kappa shape index (κ1) is 15.9. The van der Waals surface area contributed by atoms with Crippen LogP contribution < -0.4 is 15.2 Å². The largest absolute Gasteiger partial charge is 0.493 e. The number of methoxy groups -OCH3 is 2. The van der Waals surface area contributed by atoms with Crippen LogP contribution in [-0.4, -0.2) is 20.4 Å². The molecule has 3 nitrogen and oxygen atoms in total. The lowest BCUT2D eigenvalue weighted by atomic mass is 9.73. The van der Waals surface area contributed by atoms with Gasteiger partial charge in [0, 0.05) is 5.54 Å². The van der Waals surface area contributed by atoms with E-state index < -0.39 is 17.6 Å². The van der Waals surface area contributed by atoms with Crippen molar-refractivity contribution in [1.29, 1.82) is 0 Å². The number of hydrogen-bond donors (Lipinski definition) is 1. The van der Waals surface area contributed by atoms with Gasteiger partial charge in [-0.2, -0.15) is 13.2 Å². The van der Waals surface area contributed by atoms with Gasteiger partial charge in [-0.25, -0.2) is 0 Å². The summed E-state index contributed by atoms with van der Waals surface area (Å²) >= 11 is 0. The maximum atomic E-state index is 12.7. The summed E-state index contributed by atoms with van der Waals surface area (Å²) in [5, 5.41) is 0. The number of rotatable bonds is 3. The summed E-state index contributed by atoms with van der Waals surface area (Å²) in [7, 11) is 3.05. The molecule has 1 aromatic carbocycles. The number of halogens is 3. The first-order valence-corrected chi connectivity index (χ1v) is 6.88. The van der Waals surface area contributed by atoms with E-state index in [0.29, 0.717) is 24.3 Å². The highest BCUT2D eigenvalue weighted by atomic mass is 19.4. The topological polar surface area (TPSA) is 44.5 Å². The molecule has 1 fully saturated rings. The van der Waals surface area contributed by atoms with Gasteiger partial charge in [-0.05, 0) is 43.4 Å². The molecule has 0 radical (unpaired) electrons. The van der Waals surface area contributed by atoms with Crippen molar-refractivity contribution in [2.24, 2.45) is 11.7 Å². The Kier molecular flexibility index (Phi) is 4.37. The molecule has 2 N–H and O–H groups in total. The van der Waals surface area contributed by atoms with E-state index in [-0.39, 0.29) is 12.8 Å². The Balaban J connectivity index is 2.19. The monoisotopic (exact) mass is 303 g/mol. The van der Waals surface area contributed by atoms with Crippen LogP contribution in [0.3, 0.4) is 0 Å². The number of alkyl halides is 3. The van der Waals surface area contributed by atoms with Gasteiger partial charge in [0.15, 0.2) is 11.5 Å². The first-order valence-electron chi connectivity index (χ1n) is 6.88. The Morgan fingerprint density at radius 2 is 1.67 bits per heavy atom. The van der Waals surface area contributed by atoms with E-state index >= 15 is 0 Å². The molecule has 0 atom stereocenters. The zero-order chi connectivity index (χ0) is 15.7. The fourth-order valence-corrected chi connectivity index (χ4v) is 2.89. The number of ether oxygens (including phenoxy) is 2. The van der Waals surface area contributed by atoms with Crippen molar-refractivity contribution in [3.8, 4) is 11.5 Å². The average Bonchev–Trinajstić information content (AvgIpc) is 2.46. The van der Waals surface area contributed by atoms with E-state index in [1.54, 1.807) is 18.2 Å². The van der Waals surface area contributed by atoms with Crippen molar-refractivity contribution in [3.63, 3.8) is 0 Å². The van der Waals surface area contributed by atoms with E-state index in [1.807, 2.05) is 0 Å². The van der Waals surface area contributed by atoms with Crippen LogP contribution in [0.15, 0.2) is 18.2 Å². The predicted molar refractivity (Wildman–Crippen MR) is 73.4 cm³/mol. The van der Waals surface area contributed by atoms with E-state index in [4.69, 9.17) is 15.2 Å². The van der Waals surface area contributed by atoms with E-state index in [1.165, 1.54) is 14.2 Å². The van der Waals surface area contributed by atoms with Crippen molar-refractivity contribution < 1.29 is 22.6 Å². The van der Waals surface area contributed by atoms with Gasteiger partial charge in [0.1, 0.15) is 0 Å². The molecular weight excluding hydrogens is 283 g/mol. The number of nitrogens with two attached hydrogens (primary N) is 1. The summed E-state index contributed by atoms with van der Waals surface area (Å²) in [6, 6.07) is 5.29. The molecule has 21 heavy (non-hydrogen) atoms. The van der Waals surface area contributed by atoms with Gasteiger partial charge >= 0.3 is 6.18 Å². The quantitative estimate of drug-likeness (QED) is 0.927. The fourth-order valence-electron chi connectivity index (χ4n) is 2.89. The average molecular weight is 303 g/mol. The molecular formula is C15H20F3NO2. The molecule has 0 heterocycles. The lowest BCUT2D eigenvalue weighted by Gasteiger charge is -2.38. The van der Waals surface area contributed by atoms with Crippen LogP contribution >= 0.6 is 0 Å². The Hall–Kier alpha value is -1.43. The van der Waals surface area contributed by atoms with Crippen molar-refractivity contribution in [2.45, 2.75) is 37.4 Å². The summed E-state index contributed by atoms with van der Waals surface area (Å²) in [4.78, 5) is 0. The summed E-state index contributed by atoms with van der Waals surface area (Å²) in [6.45, 7) is 0. The molecule has 6 heteroatoms. The Labute approximate surface area is 122 Å². The van der Waals surface area contributed by atoms with Crippen LogP contribution in [0.1, 0.15) is 31.2 Å². The zero-order valence-corrected chi connectivity index (χ0v) is 12.2. The van der Waals surface area contributed by atoms with E-state index in [2.05, 4.69) is 0 Å². The molecule has 2 rings (SSSR count). The second-order valence-electron chi connectivity index (χ2n) is 5.54. The third-order valence-corrected chi connectivity index (χ3v) is 4.30. The minimum atomic E-state index is -4.13. The van der Waals surface area contributed by atoms with Crippen LogP contribution in [0.2, 0.25) is 0 Å². The maximum absolute atomic E-state index is 12.7. The molecule has 0 aromatic heterocycles. The van der Waals surface area contributed by atoms with Gasteiger partial charge in [-0.1, -0.05) is 6.07 Å². The molecule has 0 unspecified atom stereocenters. The van der Waals surface area contributed by atoms with Crippen LogP contribution in [0, 0.1) is 5.92 Å². The van der Waals surface area contributed by atoms with Crippen LogP contribution in [0.25, 0.3) is 0 Å². The first-order chi connectivity index (χ1) is 9.80. The smallest absolute Gasteiger partial charge is 0.391 e. The molecule has 0 aliphatic heterocycles. The Bertz CT molecular complexity index is 494. The Morgan fingerprint density at radius 3 is 2.14 bits per heavy atom. The van der Waals surface area contributed by atoms with E-state index in [9.17, 15) is 13.2 Å². The SMILES string of the molecule is COc1ccc(C2(N)CCC(C(F)(F)F)CC2)cc1OC.